The van der Waals surface area contributed by atoms with Crippen LogP contribution >= 0.6 is 23.2 Å². The number of aryl methyl sites for hydroxylation is 1. The van der Waals surface area contributed by atoms with E-state index in [9.17, 15) is 9.59 Å². The molecule has 3 aromatic carbocycles. The van der Waals surface area contributed by atoms with Gasteiger partial charge in [-0.25, -0.2) is 4.79 Å². The molecule has 5 rings (SSSR count). The van der Waals surface area contributed by atoms with Gasteiger partial charge in [-0.05, 0) is 54.4 Å². The normalized spacial score (nSPS) is 14.3. The van der Waals surface area contributed by atoms with Gasteiger partial charge < -0.3 is 23.6 Å². The Balaban J connectivity index is 1.27. The maximum atomic E-state index is 13.7. The molecule has 0 aliphatic carbocycles. The Morgan fingerprint density at radius 3 is 2.30 bits per heavy atom. The Bertz CT molecular complexity index is 1600. The minimum absolute atomic E-state index is 0.176. The summed E-state index contributed by atoms with van der Waals surface area (Å²) in [5.41, 5.74) is 3.58. The van der Waals surface area contributed by atoms with Crippen LogP contribution in [0.4, 0.5) is 0 Å². The van der Waals surface area contributed by atoms with E-state index in [1.165, 1.54) is 7.11 Å². The number of halogens is 2. The highest BCUT2D eigenvalue weighted by atomic mass is 35.5. The molecule has 0 radical (unpaired) electrons. The minimum Gasteiger partial charge on any atom is -0.497 e. The number of nitrogens with zero attached hydrogens (tertiary/aromatic N) is 3. The number of amides is 1. The number of aromatic nitrogens is 1. The summed E-state index contributed by atoms with van der Waals surface area (Å²) >= 11 is 12.9. The van der Waals surface area contributed by atoms with Gasteiger partial charge in [-0.1, -0.05) is 58.7 Å². The molecular formula is C33H33Cl2N3O6. The predicted molar refractivity (Wildman–Crippen MR) is 167 cm³/mol. The first-order valence-corrected chi connectivity index (χ1v) is 14.9. The van der Waals surface area contributed by atoms with Crippen LogP contribution in [-0.4, -0.2) is 73.8 Å². The Hall–Kier alpha value is -3.89. The van der Waals surface area contributed by atoms with Crippen LogP contribution in [0.5, 0.6) is 5.75 Å². The summed E-state index contributed by atoms with van der Waals surface area (Å²) in [6.07, 6.45) is -0.262. The standard InChI is InChI=1S/C33H33Cl2N3O6/c1-21-29(31(36-44-21)30-26(34)8-5-9-27(30)35)32(39)38-16-14-37(15-17-38)19-28(24-6-4-7-25(18-24)41-2)43-20-22-10-12-23(13-11-22)33(40)42-3/h4-13,18,28H,14-17,19-20H2,1-3H3. The second-order valence-electron chi connectivity index (χ2n) is 10.4. The zero-order valence-corrected chi connectivity index (χ0v) is 26.2. The smallest absolute Gasteiger partial charge is 0.337 e. The molecule has 1 amide bonds. The van der Waals surface area contributed by atoms with Crippen LogP contribution in [0.25, 0.3) is 11.3 Å². The Kier molecular flexibility index (Phi) is 10.2. The van der Waals surface area contributed by atoms with Crippen LogP contribution in [-0.2, 0) is 16.1 Å². The fourth-order valence-corrected chi connectivity index (χ4v) is 5.77. The lowest BCUT2D eigenvalue weighted by atomic mass is 10.0. The maximum Gasteiger partial charge on any atom is 0.337 e. The Labute approximate surface area is 266 Å². The molecule has 1 aromatic heterocycles. The lowest BCUT2D eigenvalue weighted by Gasteiger charge is -2.36. The highest BCUT2D eigenvalue weighted by molar-refractivity contribution is 6.39. The van der Waals surface area contributed by atoms with E-state index < -0.39 is 0 Å². The number of carbonyl (C=O) groups excluding carboxylic acids is 2. The van der Waals surface area contributed by atoms with Crippen molar-refractivity contribution in [1.29, 1.82) is 0 Å². The predicted octanol–water partition coefficient (Wildman–Crippen LogP) is 6.47. The molecule has 1 fully saturated rings. The number of rotatable bonds is 10. The fourth-order valence-electron chi connectivity index (χ4n) is 5.19. The highest BCUT2D eigenvalue weighted by Crippen LogP contribution is 2.37. The summed E-state index contributed by atoms with van der Waals surface area (Å²) in [5, 5.41) is 4.93. The number of esters is 1. The van der Waals surface area contributed by atoms with E-state index >= 15 is 0 Å². The highest BCUT2D eigenvalue weighted by Gasteiger charge is 2.31. The van der Waals surface area contributed by atoms with Crippen LogP contribution in [0.15, 0.2) is 71.3 Å². The first-order valence-electron chi connectivity index (χ1n) is 14.1. The van der Waals surface area contributed by atoms with Crippen LogP contribution in [0.1, 0.15) is 43.7 Å². The first-order chi connectivity index (χ1) is 21.3. The molecule has 4 aromatic rings. The quantitative estimate of drug-likeness (QED) is 0.183. The van der Waals surface area contributed by atoms with Gasteiger partial charge in [0.15, 0.2) is 0 Å². The fraction of sp³-hybridized carbons (Fsp3) is 0.303. The molecule has 1 atom stereocenters. The lowest BCUT2D eigenvalue weighted by Crippen LogP contribution is -2.49. The van der Waals surface area contributed by atoms with Gasteiger partial charge in [0.25, 0.3) is 5.91 Å². The van der Waals surface area contributed by atoms with Gasteiger partial charge in [0.2, 0.25) is 0 Å². The monoisotopic (exact) mass is 637 g/mol. The molecule has 9 nitrogen and oxygen atoms in total. The lowest BCUT2D eigenvalue weighted by molar-refractivity contribution is 0.00331. The average Bonchev–Trinajstić information content (AvgIpc) is 3.43. The number of carbonyl (C=O) groups is 2. The summed E-state index contributed by atoms with van der Waals surface area (Å²) in [6.45, 7) is 5.00. The number of piperazine rings is 1. The van der Waals surface area contributed by atoms with Crippen molar-refractivity contribution in [3.63, 3.8) is 0 Å². The van der Waals surface area contributed by atoms with Gasteiger partial charge in [-0.2, -0.15) is 0 Å². The van der Waals surface area contributed by atoms with Crippen molar-refractivity contribution in [3.8, 4) is 17.0 Å². The van der Waals surface area contributed by atoms with Crippen molar-refractivity contribution in [2.75, 3.05) is 46.9 Å². The second-order valence-corrected chi connectivity index (χ2v) is 11.2. The van der Waals surface area contributed by atoms with Gasteiger partial charge in [-0.15, -0.1) is 0 Å². The Morgan fingerprint density at radius 1 is 0.955 bits per heavy atom. The van der Waals surface area contributed by atoms with Crippen LogP contribution in [0, 0.1) is 6.92 Å². The number of methoxy groups -OCH3 is 2. The number of benzene rings is 3. The second kappa shape index (κ2) is 14.3. The maximum absolute atomic E-state index is 13.7. The molecule has 2 heterocycles. The van der Waals surface area contributed by atoms with E-state index in [-0.39, 0.29) is 18.0 Å². The molecule has 1 unspecified atom stereocenters. The first kappa shape index (κ1) is 31.5. The summed E-state index contributed by atoms with van der Waals surface area (Å²) in [5.74, 6) is 0.597. The van der Waals surface area contributed by atoms with Crippen molar-refractivity contribution in [1.82, 2.24) is 15.0 Å². The zero-order chi connectivity index (χ0) is 31.2. The summed E-state index contributed by atoms with van der Waals surface area (Å²) in [6, 6.07) is 20.1. The van der Waals surface area contributed by atoms with Gasteiger partial charge in [-0.3, -0.25) is 9.69 Å². The molecule has 44 heavy (non-hydrogen) atoms. The molecule has 1 saturated heterocycles. The van der Waals surface area contributed by atoms with Crippen molar-refractivity contribution in [2.24, 2.45) is 0 Å². The summed E-state index contributed by atoms with van der Waals surface area (Å²) in [4.78, 5) is 29.6. The Morgan fingerprint density at radius 2 is 1.64 bits per heavy atom. The molecular weight excluding hydrogens is 605 g/mol. The largest absolute Gasteiger partial charge is 0.497 e. The average molecular weight is 639 g/mol. The molecule has 1 aliphatic rings. The van der Waals surface area contributed by atoms with Gasteiger partial charge in [0, 0.05) is 38.3 Å². The molecule has 230 valence electrons. The van der Waals surface area contributed by atoms with E-state index in [0.717, 1.165) is 16.9 Å². The van der Waals surface area contributed by atoms with Crippen LogP contribution < -0.4 is 4.74 Å². The molecule has 0 N–H and O–H groups in total. The summed E-state index contributed by atoms with van der Waals surface area (Å²) < 4.78 is 22.1. The third-order valence-electron chi connectivity index (χ3n) is 7.65. The molecule has 11 heteroatoms. The van der Waals surface area contributed by atoms with Crippen molar-refractivity contribution in [3.05, 3.63) is 105 Å². The van der Waals surface area contributed by atoms with Gasteiger partial charge >= 0.3 is 5.97 Å². The third kappa shape index (κ3) is 7.08. The van der Waals surface area contributed by atoms with Crippen molar-refractivity contribution < 1.29 is 28.3 Å². The third-order valence-corrected chi connectivity index (χ3v) is 8.28. The van der Waals surface area contributed by atoms with E-state index in [4.69, 9.17) is 41.9 Å². The van der Waals surface area contributed by atoms with E-state index in [1.54, 1.807) is 49.3 Å². The number of hydrogen-bond donors (Lipinski definition) is 0. The van der Waals surface area contributed by atoms with Crippen molar-refractivity contribution >= 4 is 35.1 Å². The van der Waals surface area contributed by atoms with Gasteiger partial charge in [0.05, 0.1) is 42.5 Å². The van der Waals surface area contributed by atoms with E-state index in [2.05, 4.69) is 10.1 Å². The molecule has 0 saturated carbocycles. The van der Waals surface area contributed by atoms with Crippen LogP contribution in [0.3, 0.4) is 0 Å². The number of ether oxygens (including phenoxy) is 3. The van der Waals surface area contributed by atoms with Crippen molar-refractivity contribution in [2.45, 2.75) is 19.6 Å². The zero-order valence-electron chi connectivity index (χ0n) is 24.7. The molecule has 1 aliphatic heterocycles. The van der Waals surface area contributed by atoms with E-state index in [0.29, 0.717) is 77.5 Å². The van der Waals surface area contributed by atoms with Crippen LogP contribution in [0.2, 0.25) is 10.0 Å². The number of hydrogen-bond acceptors (Lipinski definition) is 8. The SMILES string of the molecule is COC(=O)c1ccc(COC(CN2CCN(C(=O)c3c(-c4c(Cl)cccc4Cl)noc3C)CC2)c2cccc(OC)c2)cc1. The molecule has 0 bridgehead atoms. The van der Waals surface area contributed by atoms with Gasteiger partial charge in [0.1, 0.15) is 22.8 Å². The topological polar surface area (TPSA) is 94.3 Å². The summed E-state index contributed by atoms with van der Waals surface area (Å²) in [7, 11) is 2.99. The minimum atomic E-state index is -0.382. The molecule has 0 spiro atoms. The van der Waals surface area contributed by atoms with E-state index in [1.807, 2.05) is 36.4 Å².